The molecular formula is C19H20N2OS2. The molecule has 0 amide bonds. The van der Waals surface area contributed by atoms with Crippen LogP contribution in [0, 0.1) is 5.92 Å². The Balaban J connectivity index is 1.85. The first-order chi connectivity index (χ1) is 11.5. The molecule has 124 valence electrons. The number of benzene rings is 1. The molecule has 2 aromatic rings. The molecule has 0 saturated carbocycles. The van der Waals surface area contributed by atoms with Crippen molar-refractivity contribution < 1.29 is 4.79 Å². The predicted octanol–water partition coefficient (Wildman–Crippen LogP) is 4.25. The smallest absolute Gasteiger partial charge is 0.157 e. The monoisotopic (exact) mass is 356 g/mol. The summed E-state index contributed by atoms with van der Waals surface area (Å²) < 4.78 is 2.40. The van der Waals surface area contributed by atoms with Gasteiger partial charge in [-0.1, -0.05) is 18.2 Å². The second kappa shape index (κ2) is 4.85. The fourth-order valence-corrected chi connectivity index (χ4v) is 7.91. The molecule has 1 saturated heterocycles. The topological polar surface area (TPSA) is 25.2 Å². The summed E-state index contributed by atoms with van der Waals surface area (Å²) in [5.41, 5.74) is 5.22. The molecule has 1 aromatic heterocycles. The highest BCUT2D eigenvalue weighted by molar-refractivity contribution is 8.33. The molecule has 1 fully saturated rings. The van der Waals surface area contributed by atoms with E-state index in [0.29, 0.717) is 12.0 Å². The lowest BCUT2D eigenvalue weighted by Gasteiger charge is -2.55. The number of ketones is 1. The molecule has 24 heavy (non-hydrogen) atoms. The van der Waals surface area contributed by atoms with Gasteiger partial charge in [0, 0.05) is 53.3 Å². The van der Waals surface area contributed by atoms with Crippen LogP contribution >= 0.6 is 23.5 Å². The summed E-state index contributed by atoms with van der Waals surface area (Å²) in [6.45, 7) is 1.72. The SMILES string of the molecule is CC(=O)C1=CN(C)[C@@H]2C[C@H]1C1(SCS1)c1c2c2ccccc2n1C. The molecule has 1 aromatic carbocycles. The van der Waals surface area contributed by atoms with Crippen LogP contribution in [-0.4, -0.2) is 27.4 Å². The molecule has 2 aliphatic heterocycles. The quantitative estimate of drug-likeness (QED) is 0.763. The van der Waals surface area contributed by atoms with Crippen molar-refractivity contribution in [2.45, 2.75) is 23.5 Å². The maximum absolute atomic E-state index is 12.3. The van der Waals surface area contributed by atoms with Crippen molar-refractivity contribution in [2.24, 2.45) is 13.0 Å². The molecule has 3 heterocycles. The molecule has 2 bridgehead atoms. The van der Waals surface area contributed by atoms with E-state index >= 15 is 0 Å². The molecule has 1 aliphatic carbocycles. The van der Waals surface area contributed by atoms with Crippen molar-refractivity contribution in [1.82, 2.24) is 9.47 Å². The predicted molar refractivity (Wildman–Crippen MR) is 102 cm³/mol. The van der Waals surface area contributed by atoms with Crippen LogP contribution in [0.5, 0.6) is 0 Å². The van der Waals surface area contributed by atoms with E-state index in [-0.39, 0.29) is 9.86 Å². The van der Waals surface area contributed by atoms with Crippen LogP contribution in [-0.2, 0) is 15.9 Å². The number of Topliss-reactive ketones (excluding diaryl/α,β-unsaturated/α-hetero) is 1. The van der Waals surface area contributed by atoms with Crippen LogP contribution in [0.2, 0.25) is 0 Å². The first-order valence-corrected chi connectivity index (χ1v) is 10.3. The zero-order valence-electron chi connectivity index (χ0n) is 14.1. The molecule has 5 heteroatoms. The second-order valence-corrected chi connectivity index (χ2v) is 10.1. The van der Waals surface area contributed by atoms with E-state index in [9.17, 15) is 4.79 Å². The number of aryl methyl sites for hydroxylation is 1. The Morgan fingerprint density at radius 3 is 2.67 bits per heavy atom. The number of para-hydroxylation sites is 1. The number of fused-ring (bicyclic) bond motifs is 8. The Morgan fingerprint density at radius 1 is 1.25 bits per heavy atom. The number of hydrogen-bond donors (Lipinski definition) is 0. The van der Waals surface area contributed by atoms with Crippen LogP contribution in [0.1, 0.15) is 30.6 Å². The molecule has 3 nitrogen and oxygen atoms in total. The number of thioether (sulfide) groups is 2. The van der Waals surface area contributed by atoms with Gasteiger partial charge >= 0.3 is 0 Å². The van der Waals surface area contributed by atoms with E-state index in [1.54, 1.807) is 6.92 Å². The Labute approximate surface area is 150 Å². The van der Waals surface area contributed by atoms with Gasteiger partial charge in [-0.05, 0) is 19.4 Å². The van der Waals surface area contributed by atoms with Crippen LogP contribution in [0.15, 0.2) is 36.0 Å². The summed E-state index contributed by atoms with van der Waals surface area (Å²) >= 11 is 4.04. The lowest BCUT2D eigenvalue weighted by molar-refractivity contribution is -0.114. The Morgan fingerprint density at radius 2 is 2.00 bits per heavy atom. The largest absolute Gasteiger partial charge is 0.373 e. The minimum atomic E-state index is 0.0123. The third kappa shape index (κ3) is 1.65. The summed E-state index contributed by atoms with van der Waals surface area (Å²) in [5, 5.41) is 2.49. The average Bonchev–Trinajstić information content (AvgIpc) is 2.83. The number of rotatable bonds is 1. The van der Waals surface area contributed by atoms with E-state index in [1.165, 1.54) is 22.2 Å². The van der Waals surface area contributed by atoms with Gasteiger partial charge in [0.05, 0.1) is 11.7 Å². The van der Waals surface area contributed by atoms with Crippen molar-refractivity contribution in [3.05, 3.63) is 47.3 Å². The van der Waals surface area contributed by atoms with E-state index < -0.39 is 0 Å². The third-order valence-electron chi connectivity index (χ3n) is 5.89. The number of aromatic nitrogens is 1. The Kier molecular flexibility index (Phi) is 3.03. The molecule has 3 aliphatic rings. The summed E-state index contributed by atoms with van der Waals surface area (Å²) in [6.07, 6.45) is 3.16. The first-order valence-electron chi connectivity index (χ1n) is 8.35. The van der Waals surface area contributed by atoms with E-state index in [1.807, 2.05) is 23.5 Å². The van der Waals surface area contributed by atoms with Gasteiger partial charge in [-0.2, -0.15) is 0 Å². The second-order valence-electron chi connectivity index (χ2n) is 7.02. The van der Waals surface area contributed by atoms with Crippen molar-refractivity contribution >= 4 is 40.2 Å². The molecular weight excluding hydrogens is 336 g/mol. The lowest BCUT2D eigenvalue weighted by atomic mass is 9.74. The standard InChI is InChI=1S/C19H20N2OS2/c1-11(22)13-9-20(2)16-8-14(13)19(23-10-24-19)18-17(16)12-6-4-5-7-15(12)21(18)3/h4-7,9,14,16H,8,10H2,1-3H3/t14-,16-/m1/s1. The Hall–Kier alpha value is -1.33. The van der Waals surface area contributed by atoms with E-state index in [2.05, 4.69) is 54.0 Å². The van der Waals surface area contributed by atoms with Crippen molar-refractivity contribution in [3.63, 3.8) is 0 Å². The van der Waals surface area contributed by atoms with E-state index in [4.69, 9.17) is 0 Å². The van der Waals surface area contributed by atoms with Gasteiger partial charge in [0.2, 0.25) is 0 Å². The van der Waals surface area contributed by atoms with Gasteiger partial charge in [-0.15, -0.1) is 23.5 Å². The van der Waals surface area contributed by atoms with Gasteiger partial charge < -0.3 is 9.47 Å². The zero-order valence-corrected chi connectivity index (χ0v) is 15.7. The summed E-state index contributed by atoms with van der Waals surface area (Å²) in [4.78, 5) is 14.6. The van der Waals surface area contributed by atoms with Crippen LogP contribution in [0.3, 0.4) is 0 Å². The number of carbonyl (C=O) groups is 1. The highest BCUT2D eigenvalue weighted by Gasteiger charge is 2.58. The van der Waals surface area contributed by atoms with Crippen LogP contribution < -0.4 is 0 Å². The maximum atomic E-state index is 12.3. The summed E-state index contributed by atoms with van der Waals surface area (Å²) in [6, 6.07) is 9.11. The lowest BCUT2D eigenvalue weighted by Crippen LogP contribution is -2.48. The Bertz CT molecular complexity index is 909. The normalized spacial score (nSPS) is 27.0. The fraction of sp³-hybridized carbons (Fsp3) is 0.421. The first kappa shape index (κ1) is 15.0. The number of allylic oxidation sites excluding steroid dienone is 1. The zero-order chi connectivity index (χ0) is 16.6. The molecule has 2 atom stereocenters. The van der Waals surface area contributed by atoms with Gasteiger partial charge in [0.1, 0.15) is 4.08 Å². The molecule has 0 radical (unpaired) electrons. The average molecular weight is 357 g/mol. The van der Waals surface area contributed by atoms with Crippen molar-refractivity contribution in [2.75, 3.05) is 12.1 Å². The van der Waals surface area contributed by atoms with E-state index in [0.717, 1.165) is 17.1 Å². The van der Waals surface area contributed by atoms with Crippen LogP contribution in [0.25, 0.3) is 10.9 Å². The third-order valence-corrected chi connectivity index (χ3v) is 9.35. The van der Waals surface area contributed by atoms with Gasteiger partial charge in [-0.3, -0.25) is 4.79 Å². The van der Waals surface area contributed by atoms with Gasteiger partial charge in [0.25, 0.3) is 0 Å². The van der Waals surface area contributed by atoms with Gasteiger partial charge in [0.15, 0.2) is 5.78 Å². The summed E-state index contributed by atoms with van der Waals surface area (Å²) in [5.74, 6) is 0.537. The maximum Gasteiger partial charge on any atom is 0.157 e. The highest BCUT2D eigenvalue weighted by atomic mass is 32.3. The molecule has 5 rings (SSSR count). The van der Waals surface area contributed by atoms with Crippen molar-refractivity contribution in [1.29, 1.82) is 0 Å². The molecule has 0 unspecified atom stereocenters. The number of carbonyl (C=O) groups excluding carboxylic acids is 1. The minimum Gasteiger partial charge on any atom is -0.373 e. The number of nitrogens with zero attached hydrogens (tertiary/aromatic N) is 2. The molecule has 0 N–H and O–H groups in total. The fourth-order valence-electron chi connectivity index (χ4n) is 4.80. The number of hydrogen-bond acceptors (Lipinski definition) is 4. The van der Waals surface area contributed by atoms with Crippen LogP contribution in [0.4, 0.5) is 0 Å². The minimum absolute atomic E-state index is 0.0123. The summed E-state index contributed by atoms with van der Waals surface area (Å²) in [7, 11) is 4.31. The molecule has 1 spiro atoms. The van der Waals surface area contributed by atoms with Gasteiger partial charge in [-0.25, -0.2) is 0 Å². The highest BCUT2D eigenvalue weighted by Crippen LogP contribution is 2.70. The van der Waals surface area contributed by atoms with Crippen molar-refractivity contribution in [3.8, 4) is 0 Å².